The number of aromatic nitrogens is 3. The van der Waals surface area contributed by atoms with Gasteiger partial charge < -0.3 is 15.2 Å². The highest BCUT2D eigenvalue weighted by Gasteiger charge is 2.12. The van der Waals surface area contributed by atoms with Gasteiger partial charge in [0.05, 0.1) is 6.54 Å². The molecule has 8 heteroatoms. The summed E-state index contributed by atoms with van der Waals surface area (Å²) in [6.07, 6.45) is 5.06. The van der Waals surface area contributed by atoms with Crippen molar-refractivity contribution in [3.63, 3.8) is 0 Å². The van der Waals surface area contributed by atoms with Crippen LogP contribution in [0.4, 0.5) is 0 Å². The predicted molar refractivity (Wildman–Crippen MR) is 121 cm³/mol. The quantitative estimate of drug-likeness (QED) is 0.248. The monoisotopic (exact) mass is 422 g/mol. The van der Waals surface area contributed by atoms with E-state index in [9.17, 15) is 0 Å². The second kappa shape index (κ2) is 12.1. The molecule has 156 valence electrons. The van der Waals surface area contributed by atoms with Gasteiger partial charge >= 0.3 is 0 Å². The summed E-state index contributed by atoms with van der Waals surface area (Å²) in [6, 6.07) is 4.38. The van der Waals surface area contributed by atoms with Crippen molar-refractivity contribution in [2.45, 2.75) is 65.2 Å². The molecule has 0 aliphatic carbocycles. The van der Waals surface area contributed by atoms with Crippen LogP contribution in [0.15, 0.2) is 22.3 Å². The second-order valence-corrected chi connectivity index (χ2v) is 9.08. The highest BCUT2D eigenvalue weighted by Crippen LogP contribution is 2.18. The van der Waals surface area contributed by atoms with E-state index < -0.39 is 0 Å². The molecule has 0 atom stereocenters. The Kier molecular flexibility index (Phi) is 9.84. The Morgan fingerprint density at radius 3 is 2.64 bits per heavy atom. The average Bonchev–Trinajstić information content (AvgIpc) is 3.29. The average molecular weight is 423 g/mol. The molecular formula is C20H34N6S2. The third-order valence-electron chi connectivity index (χ3n) is 4.20. The predicted octanol–water partition coefficient (Wildman–Crippen LogP) is 3.97. The van der Waals surface area contributed by atoms with Gasteiger partial charge in [0.2, 0.25) is 0 Å². The smallest absolute Gasteiger partial charge is 0.191 e. The summed E-state index contributed by atoms with van der Waals surface area (Å²) < 4.78 is 2.26. The minimum Gasteiger partial charge on any atom is -0.357 e. The van der Waals surface area contributed by atoms with E-state index in [0.29, 0.717) is 5.92 Å². The molecule has 2 aromatic rings. The maximum atomic E-state index is 4.72. The lowest BCUT2D eigenvalue weighted by Gasteiger charge is -2.13. The van der Waals surface area contributed by atoms with E-state index in [0.717, 1.165) is 62.4 Å². The second-order valence-electron chi connectivity index (χ2n) is 7.05. The zero-order chi connectivity index (χ0) is 20.4. The largest absolute Gasteiger partial charge is 0.357 e. The van der Waals surface area contributed by atoms with Gasteiger partial charge in [0.25, 0.3) is 0 Å². The number of aliphatic imine (C=N–C) groups is 1. The van der Waals surface area contributed by atoms with E-state index in [1.807, 2.05) is 11.3 Å². The molecule has 2 rings (SSSR count). The van der Waals surface area contributed by atoms with Crippen LogP contribution in [0.5, 0.6) is 0 Å². The lowest BCUT2D eigenvalue weighted by Crippen LogP contribution is -2.37. The maximum absolute atomic E-state index is 4.72. The Morgan fingerprint density at radius 2 is 2.00 bits per heavy atom. The molecule has 2 heterocycles. The highest BCUT2D eigenvalue weighted by atomic mass is 32.2. The topological polar surface area (TPSA) is 67.1 Å². The number of thioether (sulfide) groups is 1. The van der Waals surface area contributed by atoms with Gasteiger partial charge in [0.15, 0.2) is 11.1 Å². The van der Waals surface area contributed by atoms with Crippen molar-refractivity contribution in [3.05, 3.63) is 27.7 Å². The number of nitrogens with one attached hydrogen (secondary N) is 2. The Morgan fingerprint density at radius 1 is 1.21 bits per heavy atom. The van der Waals surface area contributed by atoms with Crippen molar-refractivity contribution >= 4 is 29.1 Å². The van der Waals surface area contributed by atoms with Crippen molar-refractivity contribution in [1.29, 1.82) is 0 Å². The molecule has 0 saturated carbocycles. The lowest BCUT2D eigenvalue weighted by molar-refractivity contribution is 0.477. The van der Waals surface area contributed by atoms with Crippen LogP contribution in [0.25, 0.3) is 0 Å². The van der Waals surface area contributed by atoms with E-state index in [1.165, 1.54) is 9.75 Å². The van der Waals surface area contributed by atoms with Crippen molar-refractivity contribution in [2.24, 2.45) is 10.9 Å². The molecule has 2 N–H and O–H groups in total. The number of hydrogen-bond donors (Lipinski definition) is 2. The highest BCUT2D eigenvalue weighted by molar-refractivity contribution is 7.98. The van der Waals surface area contributed by atoms with Crippen LogP contribution >= 0.6 is 23.1 Å². The number of aryl methyl sites for hydroxylation is 2. The van der Waals surface area contributed by atoms with Gasteiger partial charge in [-0.05, 0) is 44.1 Å². The first-order chi connectivity index (χ1) is 13.6. The fraction of sp³-hybridized carbons (Fsp3) is 0.650. The maximum Gasteiger partial charge on any atom is 0.191 e. The molecule has 6 nitrogen and oxygen atoms in total. The van der Waals surface area contributed by atoms with E-state index in [-0.39, 0.29) is 0 Å². The van der Waals surface area contributed by atoms with E-state index in [2.05, 4.69) is 71.5 Å². The molecule has 0 aliphatic heterocycles. The minimum absolute atomic E-state index is 0.580. The van der Waals surface area contributed by atoms with Crippen molar-refractivity contribution in [1.82, 2.24) is 25.4 Å². The van der Waals surface area contributed by atoms with Crippen LogP contribution in [0.1, 0.15) is 49.7 Å². The third-order valence-corrected chi connectivity index (χ3v) is 6.08. The first kappa shape index (κ1) is 22.7. The van der Waals surface area contributed by atoms with Crippen LogP contribution in [0.3, 0.4) is 0 Å². The Balaban J connectivity index is 1.85. The van der Waals surface area contributed by atoms with Gasteiger partial charge in [-0.2, -0.15) is 0 Å². The Hall–Kier alpha value is -1.54. The van der Waals surface area contributed by atoms with Crippen LogP contribution in [0.2, 0.25) is 0 Å². The van der Waals surface area contributed by atoms with E-state index in [4.69, 9.17) is 4.99 Å². The van der Waals surface area contributed by atoms with Gasteiger partial charge in [0.1, 0.15) is 5.82 Å². The molecule has 0 radical (unpaired) electrons. The standard InChI is InChI=1S/C20H34N6S2/c1-6-16-10-11-17(28-16)13-23-19(21-7-2)22-12-8-9-18-24-25-20(27-5)26(18)14-15(3)4/h10-11,15H,6-9,12-14H2,1-5H3,(H2,21,22,23). The summed E-state index contributed by atoms with van der Waals surface area (Å²) in [5, 5.41) is 16.5. The molecule has 0 aliphatic rings. The van der Waals surface area contributed by atoms with Gasteiger partial charge in [-0.3, -0.25) is 0 Å². The first-order valence-corrected chi connectivity index (χ1v) is 12.2. The van der Waals surface area contributed by atoms with Gasteiger partial charge in [-0.1, -0.05) is 32.5 Å². The zero-order valence-electron chi connectivity index (χ0n) is 17.8. The van der Waals surface area contributed by atoms with E-state index in [1.54, 1.807) is 11.8 Å². The van der Waals surface area contributed by atoms with Crippen LogP contribution < -0.4 is 10.6 Å². The number of rotatable bonds is 11. The number of nitrogens with zero attached hydrogens (tertiary/aromatic N) is 4. The summed E-state index contributed by atoms with van der Waals surface area (Å²) in [6.45, 7) is 12.1. The molecule has 0 aromatic carbocycles. The van der Waals surface area contributed by atoms with Gasteiger partial charge in [0, 0.05) is 35.8 Å². The fourth-order valence-corrected chi connectivity index (χ4v) is 4.26. The number of hydrogen-bond acceptors (Lipinski definition) is 5. The van der Waals surface area contributed by atoms with Crippen LogP contribution in [-0.2, 0) is 25.9 Å². The molecule has 0 fully saturated rings. The first-order valence-electron chi connectivity index (χ1n) is 10.1. The lowest BCUT2D eigenvalue weighted by atomic mass is 10.2. The number of thiophene rings is 1. The zero-order valence-corrected chi connectivity index (χ0v) is 19.4. The molecule has 0 amide bonds. The van der Waals surface area contributed by atoms with E-state index >= 15 is 0 Å². The molecule has 0 unspecified atom stereocenters. The van der Waals surface area contributed by atoms with Crippen molar-refractivity contribution in [2.75, 3.05) is 19.3 Å². The summed E-state index contributed by atoms with van der Waals surface area (Å²) in [5.74, 6) is 2.53. The summed E-state index contributed by atoms with van der Waals surface area (Å²) in [4.78, 5) is 7.44. The fourth-order valence-electron chi connectivity index (χ4n) is 2.85. The summed E-state index contributed by atoms with van der Waals surface area (Å²) >= 11 is 3.51. The van der Waals surface area contributed by atoms with Crippen LogP contribution in [0, 0.1) is 5.92 Å². The SMILES string of the molecule is CCNC(=NCc1ccc(CC)s1)NCCCc1nnc(SC)n1CC(C)C. The molecule has 0 spiro atoms. The molecular weight excluding hydrogens is 388 g/mol. The normalized spacial score (nSPS) is 12.0. The minimum atomic E-state index is 0.580. The molecule has 0 bridgehead atoms. The molecule has 28 heavy (non-hydrogen) atoms. The molecule has 2 aromatic heterocycles. The van der Waals surface area contributed by atoms with Crippen LogP contribution in [-0.4, -0.2) is 40.1 Å². The summed E-state index contributed by atoms with van der Waals surface area (Å²) in [7, 11) is 0. The third kappa shape index (κ3) is 7.13. The Labute approximate surface area is 177 Å². The Bertz CT molecular complexity index is 735. The molecule has 0 saturated heterocycles. The van der Waals surface area contributed by atoms with Crippen molar-refractivity contribution in [3.8, 4) is 0 Å². The van der Waals surface area contributed by atoms with Gasteiger partial charge in [-0.15, -0.1) is 21.5 Å². The summed E-state index contributed by atoms with van der Waals surface area (Å²) in [5.41, 5.74) is 0. The number of guanidine groups is 1. The van der Waals surface area contributed by atoms with Crippen molar-refractivity contribution < 1.29 is 0 Å². The van der Waals surface area contributed by atoms with Gasteiger partial charge in [-0.25, -0.2) is 4.99 Å².